The molecule has 1 aliphatic rings. The molecule has 0 aromatic carbocycles. The molecule has 1 amide bonds. The predicted molar refractivity (Wildman–Crippen MR) is 45.2 cm³/mol. The standard InChI is InChI=1S/C8H14ClNO/c1-2-4-7-5-3-6-10(9)8(7)11/h7H,2-6H2,1H3. The quantitative estimate of drug-likeness (QED) is 0.590. The maximum Gasteiger partial charge on any atom is 0.240 e. The van der Waals surface area contributed by atoms with Crippen molar-refractivity contribution in [3.63, 3.8) is 0 Å². The van der Waals surface area contributed by atoms with E-state index in [1.165, 1.54) is 4.42 Å². The molecular weight excluding hydrogens is 162 g/mol. The second-order valence-corrected chi connectivity index (χ2v) is 3.46. The lowest BCUT2D eigenvalue weighted by molar-refractivity contribution is -0.133. The van der Waals surface area contributed by atoms with E-state index in [-0.39, 0.29) is 11.8 Å². The van der Waals surface area contributed by atoms with Gasteiger partial charge in [-0.3, -0.25) is 9.21 Å². The first-order chi connectivity index (χ1) is 5.25. The van der Waals surface area contributed by atoms with Crippen LogP contribution in [0.25, 0.3) is 0 Å². The van der Waals surface area contributed by atoms with Gasteiger partial charge < -0.3 is 0 Å². The van der Waals surface area contributed by atoms with Crippen molar-refractivity contribution < 1.29 is 4.79 Å². The van der Waals surface area contributed by atoms with Gasteiger partial charge in [0.25, 0.3) is 0 Å². The maximum atomic E-state index is 11.3. The van der Waals surface area contributed by atoms with Gasteiger partial charge in [0.1, 0.15) is 0 Å². The van der Waals surface area contributed by atoms with Crippen molar-refractivity contribution in [1.82, 2.24) is 4.42 Å². The first-order valence-corrected chi connectivity index (χ1v) is 4.56. The van der Waals surface area contributed by atoms with Gasteiger partial charge in [-0.2, -0.15) is 0 Å². The number of carbonyl (C=O) groups is 1. The summed E-state index contributed by atoms with van der Waals surface area (Å²) in [7, 11) is 0. The second-order valence-electron chi connectivity index (χ2n) is 3.05. The fourth-order valence-electron chi connectivity index (χ4n) is 1.52. The number of rotatable bonds is 2. The minimum Gasteiger partial charge on any atom is -0.273 e. The van der Waals surface area contributed by atoms with Gasteiger partial charge in [-0.1, -0.05) is 13.3 Å². The molecular formula is C8H14ClNO. The Morgan fingerprint density at radius 3 is 3.09 bits per heavy atom. The molecule has 2 nitrogen and oxygen atoms in total. The van der Waals surface area contributed by atoms with Crippen LogP contribution in [0.5, 0.6) is 0 Å². The number of nitrogens with zero attached hydrogens (tertiary/aromatic N) is 1. The van der Waals surface area contributed by atoms with Gasteiger partial charge in [0.05, 0.1) is 0 Å². The van der Waals surface area contributed by atoms with Crippen molar-refractivity contribution in [2.75, 3.05) is 6.54 Å². The highest BCUT2D eigenvalue weighted by Crippen LogP contribution is 2.23. The van der Waals surface area contributed by atoms with Crippen LogP contribution < -0.4 is 0 Å². The normalized spacial score (nSPS) is 25.8. The van der Waals surface area contributed by atoms with Crippen molar-refractivity contribution in [2.24, 2.45) is 5.92 Å². The van der Waals surface area contributed by atoms with E-state index < -0.39 is 0 Å². The zero-order valence-corrected chi connectivity index (χ0v) is 7.60. The van der Waals surface area contributed by atoms with Gasteiger partial charge in [0.2, 0.25) is 5.91 Å². The van der Waals surface area contributed by atoms with E-state index in [0.717, 1.165) is 32.2 Å². The zero-order valence-electron chi connectivity index (χ0n) is 6.85. The Labute approximate surface area is 72.6 Å². The molecule has 1 rings (SSSR count). The average molecular weight is 176 g/mol. The first kappa shape index (κ1) is 8.85. The van der Waals surface area contributed by atoms with Gasteiger partial charge in [-0.15, -0.1) is 0 Å². The molecule has 3 heteroatoms. The monoisotopic (exact) mass is 175 g/mol. The van der Waals surface area contributed by atoms with Crippen molar-refractivity contribution in [1.29, 1.82) is 0 Å². The highest BCUT2D eigenvalue weighted by Gasteiger charge is 2.26. The molecule has 1 fully saturated rings. The van der Waals surface area contributed by atoms with Gasteiger partial charge in [0, 0.05) is 24.2 Å². The maximum absolute atomic E-state index is 11.3. The Morgan fingerprint density at radius 1 is 1.73 bits per heavy atom. The molecule has 1 saturated heterocycles. The summed E-state index contributed by atoms with van der Waals surface area (Å²) in [5.74, 6) is 0.325. The summed E-state index contributed by atoms with van der Waals surface area (Å²) in [6.07, 6.45) is 4.14. The molecule has 64 valence electrons. The number of piperidine rings is 1. The van der Waals surface area contributed by atoms with E-state index in [2.05, 4.69) is 6.92 Å². The van der Waals surface area contributed by atoms with Crippen LogP contribution in [0, 0.1) is 5.92 Å². The zero-order chi connectivity index (χ0) is 8.27. The van der Waals surface area contributed by atoms with Crippen molar-refractivity contribution in [2.45, 2.75) is 32.6 Å². The molecule has 0 bridgehead atoms. The largest absolute Gasteiger partial charge is 0.273 e. The van der Waals surface area contributed by atoms with E-state index in [9.17, 15) is 4.79 Å². The van der Waals surface area contributed by atoms with Crippen LogP contribution in [0.3, 0.4) is 0 Å². The van der Waals surface area contributed by atoms with Crippen LogP contribution in [-0.4, -0.2) is 16.9 Å². The number of hydrogen-bond acceptors (Lipinski definition) is 1. The van der Waals surface area contributed by atoms with E-state index in [1.54, 1.807) is 0 Å². The minimum absolute atomic E-state index is 0.125. The number of carbonyl (C=O) groups excluding carboxylic acids is 1. The Balaban J connectivity index is 2.44. The van der Waals surface area contributed by atoms with Crippen LogP contribution in [0.2, 0.25) is 0 Å². The molecule has 0 saturated carbocycles. The lowest BCUT2D eigenvalue weighted by Gasteiger charge is -2.26. The van der Waals surface area contributed by atoms with E-state index >= 15 is 0 Å². The molecule has 0 radical (unpaired) electrons. The summed E-state index contributed by atoms with van der Waals surface area (Å²) in [5.41, 5.74) is 0. The Morgan fingerprint density at radius 2 is 2.45 bits per heavy atom. The van der Waals surface area contributed by atoms with Gasteiger partial charge >= 0.3 is 0 Å². The van der Waals surface area contributed by atoms with E-state index in [0.29, 0.717) is 0 Å². The van der Waals surface area contributed by atoms with Crippen LogP contribution in [0.4, 0.5) is 0 Å². The summed E-state index contributed by atoms with van der Waals surface area (Å²) in [6, 6.07) is 0. The molecule has 0 aromatic rings. The molecule has 0 spiro atoms. The third-order valence-electron chi connectivity index (χ3n) is 2.13. The molecule has 1 heterocycles. The van der Waals surface area contributed by atoms with E-state index in [4.69, 9.17) is 11.8 Å². The van der Waals surface area contributed by atoms with Crippen LogP contribution in [-0.2, 0) is 4.79 Å². The topological polar surface area (TPSA) is 20.3 Å². The molecule has 0 aromatic heterocycles. The highest BCUT2D eigenvalue weighted by molar-refractivity contribution is 6.21. The van der Waals surface area contributed by atoms with Crippen LogP contribution in [0.1, 0.15) is 32.6 Å². The summed E-state index contributed by atoms with van der Waals surface area (Å²) in [6.45, 7) is 2.82. The Bertz CT molecular complexity index is 147. The average Bonchev–Trinajstić information content (AvgIpc) is 1.99. The fraction of sp³-hybridized carbons (Fsp3) is 0.875. The SMILES string of the molecule is CCCC1CCCN(Cl)C1=O. The third-order valence-corrected chi connectivity index (χ3v) is 2.47. The summed E-state index contributed by atoms with van der Waals surface area (Å²) in [4.78, 5) is 11.3. The summed E-state index contributed by atoms with van der Waals surface area (Å²) in [5, 5.41) is 0. The molecule has 0 N–H and O–H groups in total. The molecule has 1 aliphatic heterocycles. The summed E-state index contributed by atoms with van der Waals surface area (Å²) >= 11 is 5.68. The lowest BCUT2D eigenvalue weighted by atomic mass is 9.94. The highest BCUT2D eigenvalue weighted by atomic mass is 35.5. The number of hydrogen-bond donors (Lipinski definition) is 0. The number of halogens is 1. The molecule has 0 aliphatic carbocycles. The summed E-state index contributed by atoms with van der Waals surface area (Å²) < 4.78 is 1.34. The van der Waals surface area contributed by atoms with Crippen molar-refractivity contribution >= 4 is 17.7 Å². The predicted octanol–water partition coefficient (Wildman–Crippen LogP) is 2.18. The second kappa shape index (κ2) is 3.96. The smallest absolute Gasteiger partial charge is 0.240 e. The lowest BCUT2D eigenvalue weighted by Crippen LogP contribution is -2.34. The molecule has 1 atom stereocenters. The Kier molecular flexibility index (Phi) is 3.18. The number of amides is 1. The molecule has 11 heavy (non-hydrogen) atoms. The van der Waals surface area contributed by atoms with Gasteiger partial charge in [-0.05, 0) is 19.3 Å². The van der Waals surface area contributed by atoms with Crippen molar-refractivity contribution in [3.8, 4) is 0 Å². The van der Waals surface area contributed by atoms with Crippen LogP contribution in [0.15, 0.2) is 0 Å². The van der Waals surface area contributed by atoms with Gasteiger partial charge in [0.15, 0.2) is 0 Å². The van der Waals surface area contributed by atoms with E-state index in [1.807, 2.05) is 0 Å². The van der Waals surface area contributed by atoms with Crippen LogP contribution >= 0.6 is 11.8 Å². The Hall–Kier alpha value is -0.240. The minimum atomic E-state index is 0.125. The van der Waals surface area contributed by atoms with Gasteiger partial charge in [-0.25, -0.2) is 0 Å². The fourth-order valence-corrected chi connectivity index (χ4v) is 1.78. The first-order valence-electron chi connectivity index (χ1n) is 4.23. The third kappa shape index (κ3) is 2.09. The van der Waals surface area contributed by atoms with Crippen molar-refractivity contribution in [3.05, 3.63) is 0 Å². The molecule has 1 unspecified atom stereocenters.